The highest BCUT2D eigenvalue weighted by Crippen LogP contribution is 2.38. The van der Waals surface area contributed by atoms with Gasteiger partial charge in [0.1, 0.15) is 5.54 Å². The number of piperidine rings is 1. The summed E-state index contributed by atoms with van der Waals surface area (Å²) in [7, 11) is 1.55. The van der Waals surface area contributed by atoms with Gasteiger partial charge in [-0.3, -0.25) is 19.5 Å². The van der Waals surface area contributed by atoms with Crippen LogP contribution in [0.4, 0.5) is 4.79 Å². The first-order chi connectivity index (χ1) is 13.8. The molecule has 0 unspecified atom stereocenters. The second-order valence-electron chi connectivity index (χ2n) is 8.20. The summed E-state index contributed by atoms with van der Waals surface area (Å²) in [6.45, 7) is 7.83. The maximum atomic E-state index is 13.3. The second-order valence-corrected chi connectivity index (χ2v) is 8.20. The van der Waals surface area contributed by atoms with Crippen molar-refractivity contribution < 1.29 is 19.1 Å². The lowest BCUT2D eigenvalue weighted by Gasteiger charge is -2.42. The number of hydrogen-bond donors (Lipinski definition) is 0. The molecule has 0 N–H and O–H groups in total. The molecule has 0 bridgehead atoms. The maximum Gasteiger partial charge on any atom is 0.327 e. The number of pyridine rings is 1. The van der Waals surface area contributed by atoms with Gasteiger partial charge in [-0.25, -0.2) is 4.79 Å². The quantitative estimate of drug-likeness (QED) is 0.679. The number of aryl methyl sites for hydroxylation is 1. The minimum Gasteiger partial charge on any atom is -0.383 e. The van der Waals surface area contributed by atoms with Crippen LogP contribution in [0.25, 0.3) is 0 Å². The van der Waals surface area contributed by atoms with E-state index in [1.54, 1.807) is 35.2 Å². The van der Waals surface area contributed by atoms with Gasteiger partial charge in [0, 0.05) is 38.6 Å². The number of aromatic nitrogens is 1. The maximum absolute atomic E-state index is 13.3. The molecule has 29 heavy (non-hydrogen) atoms. The molecule has 3 rings (SSSR count). The number of rotatable bonds is 6. The van der Waals surface area contributed by atoms with Crippen LogP contribution in [0.3, 0.4) is 0 Å². The summed E-state index contributed by atoms with van der Waals surface area (Å²) in [6.07, 6.45) is 2.55. The van der Waals surface area contributed by atoms with Crippen molar-refractivity contribution in [2.24, 2.45) is 5.92 Å². The molecule has 2 saturated heterocycles. The predicted molar refractivity (Wildman–Crippen MR) is 107 cm³/mol. The Labute approximate surface area is 171 Å². The van der Waals surface area contributed by atoms with Crippen molar-refractivity contribution in [3.8, 4) is 0 Å². The zero-order valence-corrected chi connectivity index (χ0v) is 17.7. The number of urea groups is 1. The largest absolute Gasteiger partial charge is 0.383 e. The van der Waals surface area contributed by atoms with Gasteiger partial charge in [-0.1, -0.05) is 13.8 Å². The standard InChI is InChI=1S/C21H30N4O4/c1-15(2)14-25-20(28)24(12-13-29-4)19(27)21(25)7-10-23(11-8-21)18(26)17-6-5-9-22-16(17)3/h5-6,9,15H,7-8,10-14H2,1-4H3. The van der Waals surface area contributed by atoms with Gasteiger partial charge in [-0.05, 0) is 37.8 Å². The van der Waals surface area contributed by atoms with Crippen LogP contribution in [0.15, 0.2) is 18.3 Å². The Morgan fingerprint density at radius 2 is 1.97 bits per heavy atom. The van der Waals surface area contributed by atoms with Crippen LogP contribution in [-0.4, -0.2) is 83.0 Å². The van der Waals surface area contributed by atoms with Crippen molar-refractivity contribution in [3.05, 3.63) is 29.6 Å². The monoisotopic (exact) mass is 402 g/mol. The number of ether oxygens (including phenoxy) is 1. The number of carbonyl (C=O) groups excluding carboxylic acids is 3. The first-order valence-corrected chi connectivity index (χ1v) is 10.1. The first kappa shape index (κ1) is 21.2. The van der Waals surface area contributed by atoms with E-state index < -0.39 is 5.54 Å². The fraction of sp³-hybridized carbons (Fsp3) is 0.619. The number of carbonyl (C=O) groups is 3. The van der Waals surface area contributed by atoms with Gasteiger partial charge in [0.25, 0.3) is 11.8 Å². The third kappa shape index (κ3) is 3.85. The third-order valence-electron chi connectivity index (χ3n) is 5.80. The Morgan fingerprint density at radius 1 is 1.28 bits per heavy atom. The lowest BCUT2D eigenvalue weighted by Crippen LogP contribution is -2.58. The van der Waals surface area contributed by atoms with Crippen molar-refractivity contribution in [1.82, 2.24) is 19.7 Å². The molecule has 0 aliphatic carbocycles. The van der Waals surface area contributed by atoms with Crippen molar-refractivity contribution in [2.75, 3.05) is 39.9 Å². The van der Waals surface area contributed by atoms with Crippen LogP contribution in [-0.2, 0) is 9.53 Å². The summed E-state index contributed by atoms with van der Waals surface area (Å²) in [5.41, 5.74) is 0.408. The molecule has 2 aliphatic rings. The molecule has 0 atom stereocenters. The van der Waals surface area contributed by atoms with Crippen LogP contribution in [0.2, 0.25) is 0 Å². The molecule has 3 heterocycles. The van der Waals surface area contributed by atoms with Crippen LogP contribution in [0.1, 0.15) is 42.7 Å². The van der Waals surface area contributed by atoms with Gasteiger partial charge in [0.2, 0.25) is 0 Å². The van der Waals surface area contributed by atoms with Crippen molar-refractivity contribution >= 4 is 17.8 Å². The van der Waals surface area contributed by atoms with E-state index in [0.717, 1.165) is 0 Å². The Bertz CT molecular complexity index is 787. The Morgan fingerprint density at radius 3 is 2.55 bits per heavy atom. The summed E-state index contributed by atoms with van der Waals surface area (Å²) >= 11 is 0. The van der Waals surface area contributed by atoms with Crippen LogP contribution in [0, 0.1) is 12.8 Å². The molecule has 2 aliphatic heterocycles. The first-order valence-electron chi connectivity index (χ1n) is 10.1. The fourth-order valence-electron chi connectivity index (χ4n) is 4.22. The zero-order valence-electron chi connectivity index (χ0n) is 17.7. The third-order valence-corrected chi connectivity index (χ3v) is 5.80. The summed E-state index contributed by atoms with van der Waals surface area (Å²) in [5.74, 6) is 0.00225. The number of imide groups is 1. The van der Waals surface area contributed by atoms with Gasteiger partial charge < -0.3 is 14.5 Å². The number of nitrogens with zero attached hydrogens (tertiary/aromatic N) is 4. The highest BCUT2D eigenvalue weighted by molar-refractivity contribution is 6.07. The highest BCUT2D eigenvalue weighted by atomic mass is 16.5. The highest BCUT2D eigenvalue weighted by Gasteiger charge is 2.58. The predicted octanol–water partition coefficient (Wildman–Crippen LogP) is 1.93. The van der Waals surface area contributed by atoms with Gasteiger partial charge in [0.05, 0.1) is 18.7 Å². The number of amides is 4. The number of methoxy groups -OCH3 is 1. The summed E-state index contributed by atoms with van der Waals surface area (Å²) in [6, 6.07) is 3.28. The average Bonchev–Trinajstić information content (AvgIpc) is 2.88. The molecule has 0 saturated carbocycles. The van der Waals surface area contributed by atoms with E-state index in [0.29, 0.717) is 50.3 Å². The lowest BCUT2D eigenvalue weighted by atomic mass is 9.85. The average molecular weight is 402 g/mol. The molecular formula is C21H30N4O4. The molecule has 0 aromatic carbocycles. The zero-order chi connectivity index (χ0) is 21.2. The van der Waals surface area contributed by atoms with Gasteiger partial charge in [-0.15, -0.1) is 0 Å². The van der Waals surface area contributed by atoms with E-state index >= 15 is 0 Å². The fourth-order valence-corrected chi connectivity index (χ4v) is 4.22. The van der Waals surface area contributed by atoms with Crippen molar-refractivity contribution in [3.63, 3.8) is 0 Å². The topological polar surface area (TPSA) is 83.1 Å². The minimum absolute atomic E-state index is 0.0751. The van der Waals surface area contributed by atoms with Gasteiger partial charge in [0.15, 0.2) is 0 Å². The molecule has 158 valence electrons. The summed E-state index contributed by atoms with van der Waals surface area (Å²) in [4.78, 5) is 48.2. The lowest BCUT2D eigenvalue weighted by molar-refractivity contribution is -0.135. The van der Waals surface area contributed by atoms with Crippen LogP contribution in [0.5, 0.6) is 0 Å². The SMILES string of the molecule is COCCN1C(=O)N(CC(C)C)C2(CCN(C(=O)c3cccnc3C)CC2)C1=O. The van der Waals surface area contributed by atoms with E-state index in [9.17, 15) is 14.4 Å². The molecule has 1 aromatic heterocycles. The molecular weight excluding hydrogens is 372 g/mol. The van der Waals surface area contributed by atoms with E-state index in [4.69, 9.17) is 4.74 Å². The number of hydrogen-bond acceptors (Lipinski definition) is 5. The summed E-state index contributed by atoms with van der Waals surface area (Å²) in [5, 5.41) is 0. The normalized spacial score (nSPS) is 19.0. The molecule has 0 radical (unpaired) electrons. The van der Waals surface area contributed by atoms with Crippen molar-refractivity contribution in [1.29, 1.82) is 0 Å². The molecule has 2 fully saturated rings. The van der Waals surface area contributed by atoms with E-state index in [1.165, 1.54) is 4.90 Å². The molecule has 8 heteroatoms. The van der Waals surface area contributed by atoms with E-state index in [2.05, 4.69) is 4.98 Å². The van der Waals surface area contributed by atoms with E-state index in [-0.39, 0.29) is 30.3 Å². The summed E-state index contributed by atoms with van der Waals surface area (Å²) < 4.78 is 5.08. The second kappa shape index (κ2) is 8.49. The van der Waals surface area contributed by atoms with E-state index in [1.807, 2.05) is 20.8 Å². The molecule has 8 nitrogen and oxygen atoms in total. The van der Waals surface area contributed by atoms with Crippen molar-refractivity contribution in [2.45, 2.75) is 39.2 Å². The minimum atomic E-state index is -0.865. The number of likely N-dealkylation sites (tertiary alicyclic amines) is 1. The smallest absolute Gasteiger partial charge is 0.327 e. The molecule has 1 aromatic rings. The molecule has 4 amide bonds. The Balaban J connectivity index is 1.80. The van der Waals surface area contributed by atoms with Crippen LogP contribution >= 0.6 is 0 Å². The van der Waals surface area contributed by atoms with Gasteiger partial charge in [-0.2, -0.15) is 0 Å². The Kier molecular flexibility index (Phi) is 6.21. The molecule has 1 spiro atoms. The Hall–Kier alpha value is -2.48. The van der Waals surface area contributed by atoms with Crippen LogP contribution < -0.4 is 0 Å². The van der Waals surface area contributed by atoms with Gasteiger partial charge >= 0.3 is 6.03 Å².